The first kappa shape index (κ1) is 12.9. The number of carboxylic acids is 1. The average molecular weight is 277 g/mol. The second-order valence-corrected chi connectivity index (χ2v) is 4.78. The Morgan fingerprint density at radius 1 is 1.24 bits per heavy atom. The third kappa shape index (κ3) is 2.13. The lowest BCUT2D eigenvalue weighted by Crippen LogP contribution is -1.97. The van der Waals surface area contributed by atoms with Crippen molar-refractivity contribution in [3.8, 4) is 17.2 Å². The Morgan fingerprint density at radius 3 is 2.57 bits per heavy atom. The number of hydrogen-bond acceptors (Lipinski definition) is 3. The Balaban J connectivity index is 2.21. The van der Waals surface area contributed by atoms with Crippen molar-refractivity contribution in [1.82, 2.24) is 10.2 Å². The summed E-state index contributed by atoms with van der Waals surface area (Å²) in [5, 5.41) is 25.2. The van der Waals surface area contributed by atoms with E-state index in [1.54, 1.807) is 18.2 Å². The highest BCUT2D eigenvalue weighted by atomic mass is 16.4. The van der Waals surface area contributed by atoms with E-state index >= 15 is 0 Å². The highest BCUT2D eigenvalue weighted by molar-refractivity contribution is 6.03. The number of H-pyrrole nitrogens is 1. The molecule has 0 aliphatic heterocycles. The summed E-state index contributed by atoms with van der Waals surface area (Å²) in [5.74, 6) is -1.03. The van der Waals surface area contributed by atoms with Crippen LogP contribution in [0.15, 0.2) is 36.4 Å². The number of fused-ring (bicyclic) bond motifs is 1. The zero-order valence-electron chi connectivity index (χ0n) is 11.2. The van der Waals surface area contributed by atoms with Crippen LogP contribution in [0.1, 0.15) is 21.6 Å². The normalized spacial score (nSPS) is 10.5. The van der Waals surface area contributed by atoms with Gasteiger partial charge in [0.1, 0.15) is 0 Å². The quantitative estimate of drug-likeness (QED) is 0.753. The standard InChI is InChI=1S/C16H11N3O2/c1-9-6-12(11-4-2-10(8-17)3-5-11)7-13-14(9)18-19-15(13)16(20)21/h2-7H,1H3,(H,18,19)(H,20,21). The maximum atomic E-state index is 11.2. The molecule has 3 aromatic rings. The number of aryl methyl sites for hydroxylation is 1. The predicted octanol–water partition coefficient (Wildman–Crippen LogP) is 3.11. The number of aromatic amines is 1. The summed E-state index contributed by atoms with van der Waals surface area (Å²) in [6.07, 6.45) is 0. The fraction of sp³-hybridized carbons (Fsp3) is 0.0625. The molecule has 21 heavy (non-hydrogen) atoms. The molecule has 0 radical (unpaired) electrons. The lowest BCUT2D eigenvalue weighted by atomic mass is 9.99. The highest BCUT2D eigenvalue weighted by Gasteiger charge is 2.14. The minimum atomic E-state index is -1.03. The number of carboxylic acid groups (broad SMARTS) is 1. The lowest BCUT2D eigenvalue weighted by Gasteiger charge is -2.05. The summed E-state index contributed by atoms with van der Waals surface area (Å²) in [6.45, 7) is 1.89. The van der Waals surface area contributed by atoms with Crippen LogP contribution < -0.4 is 0 Å². The smallest absolute Gasteiger partial charge is 0.354 e. The zero-order chi connectivity index (χ0) is 15.0. The predicted molar refractivity (Wildman–Crippen MR) is 77.9 cm³/mol. The van der Waals surface area contributed by atoms with E-state index in [0.717, 1.165) is 16.7 Å². The highest BCUT2D eigenvalue weighted by Crippen LogP contribution is 2.28. The summed E-state index contributed by atoms with van der Waals surface area (Å²) >= 11 is 0. The SMILES string of the molecule is Cc1cc(-c2ccc(C#N)cc2)cc2c(C(=O)O)[nH]nc12. The molecule has 0 bridgehead atoms. The maximum absolute atomic E-state index is 11.2. The van der Waals surface area contributed by atoms with Crippen LogP contribution in [0.5, 0.6) is 0 Å². The summed E-state index contributed by atoms with van der Waals surface area (Å²) in [5.41, 5.74) is 4.06. The van der Waals surface area contributed by atoms with Gasteiger partial charge in [0, 0.05) is 5.39 Å². The molecule has 0 atom stereocenters. The second-order valence-electron chi connectivity index (χ2n) is 4.78. The van der Waals surface area contributed by atoms with E-state index in [-0.39, 0.29) is 5.69 Å². The van der Waals surface area contributed by atoms with E-state index in [1.807, 2.05) is 25.1 Å². The third-order valence-electron chi connectivity index (χ3n) is 3.41. The van der Waals surface area contributed by atoms with Gasteiger partial charge in [-0.15, -0.1) is 0 Å². The van der Waals surface area contributed by atoms with Gasteiger partial charge in [0.05, 0.1) is 17.1 Å². The average Bonchev–Trinajstić information content (AvgIpc) is 2.92. The van der Waals surface area contributed by atoms with Gasteiger partial charge in [-0.3, -0.25) is 5.10 Å². The summed E-state index contributed by atoms with van der Waals surface area (Å²) in [4.78, 5) is 11.2. The van der Waals surface area contributed by atoms with Gasteiger partial charge in [0.15, 0.2) is 5.69 Å². The first-order valence-electron chi connectivity index (χ1n) is 6.32. The third-order valence-corrected chi connectivity index (χ3v) is 3.41. The van der Waals surface area contributed by atoms with Crippen molar-refractivity contribution in [3.63, 3.8) is 0 Å². The monoisotopic (exact) mass is 277 g/mol. The fourth-order valence-corrected chi connectivity index (χ4v) is 2.36. The van der Waals surface area contributed by atoms with E-state index in [9.17, 15) is 9.90 Å². The summed E-state index contributed by atoms with van der Waals surface area (Å²) in [6, 6.07) is 13.0. The zero-order valence-corrected chi connectivity index (χ0v) is 11.2. The topological polar surface area (TPSA) is 89.8 Å². The number of nitrogens with zero attached hydrogens (tertiary/aromatic N) is 2. The molecular formula is C16H11N3O2. The molecule has 0 fully saturated rings. The van der Waals surface area contributed by atoms with E-state index in [4.69, 9.17) is 5.26 Å². The van der Waals surface area contributed by atoms with Crippen molar-refractivity contribution in [3.05, 3.63) is 53.2 Å². The number of aromatic nitrogens is 2. The number of aromatic carboxylic acids is 1. The van der Waals surface area contributed by atoms with Gasteiger partial charge >= 0.3 is 5.97 Å². The largest absolute Gasteiger partial charge is 0.477 e. The Kier molecular flexibility index (Phi) is 2.92. The molecular weight excluding hydrogens is 266 g/mol. The molecule has 5 nitrogen and oxygen atoms in total. The van der Waals surface area contributed by atoms with Crippen LogP contribution in [0.2, 0.25) is 0 Å². The molecule has 0 aliphatic rings. The molecule has 2 aromatic carbocycles. The molecule has 102 valence electrons. The Bertz CT molecular complexity index is 886. The number of hydrogen-bond donors (Lipinski definition) is 2. The van der Waals surface area contributed by atoms with Gasteiger partial charge in [-0.2, -0.15) is 10.4 Å². The molecule has 0 unspecified atom stereocenters. The summed E-state index contributed by atoms with van der Waals surface area (Å²) < 4.78 is 0. The molecule has 0 saturated heterocycles. The van der Waals surface area contributed by atoms with Gasteiger partial charge in [0.25, 0.3) is 0 Å². The van der Waals surface area contributed by atoms with Gasteiger partial charge in [-0.05, 0) is 47.9 Å². The van der Waals surface area contributed by atoms with E-state index in [0.29, 0.717) is 16.5 Å². The molecule has 3 rings (SSSR count). The summed E-state index contributed by atoms with van der Waals surface area (Å²) in [7, 11) is 0. The minimum absolute atomic E-state index is 0.0867. The molecule has 5 heteroatoms. The molecule has 0 aliphatic carbocycles. The van der Waals surface area contributed by atoms with Gasteiger partial charge < -0.3 is 5.11 Å². The Morgan fingerprint density at radius 2 is 1.95 bits per heavy atom. The number of rotatable bonds is 2. The fourth-order valence-electron chi connectivity index (χ4n) is 2.36. The molecule has 0 spiro atoms. The van der Waals surface area contributed by atoms with Crippen LogP contribution in [0.3, 0.4) is 0 Å². The maximum Gasteiger partial charge on any atom is 0.354 e. The molecule has 1 heterocycles. The first-order valence-corrected chi connectivity index (χ1v) is 6.32. The van der Waals surface area contributed by atoms with Gasteiger partial charge in [0.2, 0.25) is 0 Å². The van der Waals surface area contributed by atoms with E-state index in [2.05, 4.69) is 16.3 Å². The lowest BCUT2D eigenvalue weighted by molar-refractivity contribution is 0.0692. The van der Waals surface area contributed by atoms with E-state index in [1.165, 1.54) is 0 Å². The number of carbonyl (C=O) groups is 1. The van der Waals surface area contributed by atoms with Gasteiger partial charge in [-0.1, -0.05) is 12.1 Å². The van der Waals surface area contributed by atoms with Crippen molar-refractivity contribution in [2.45, 2.75) is 6.92 Å². The van der Waals surface area contributed by atoms with Crippen LogP contribution in [0, 0.1) is 18.3 Å². The van der Waals surface area contributed by atoms with Crippen molar-refractivity contribution in [2.75, 3.05) is 0 Å². The number of nitrogens with one attached hydrogen (secondary N) is 1. The molecule has 0 amide bonds. The Labute approximate surface area is 120 Å². The van der Waals surface area contributed by atoms with E-state index < -0.39 is 5.97 Å². The Hall–Kier alpha value is -3.13. The van der Waals surface area contributed by atoms with Gasteiger partial charge in [-0.25, -0.2) is 4.79 Å². The van der Waals surface area contributed by atoms with Crippen molar-refractivity contribution >= 4 is 16.9 Å². The number of nitriles is 1. The first-order chi connectivity index (χ1) is 10.1. The van der Waals surface area contributed by atoms with Crippen molar-refractivity contribution < 1.29 is 9.90 Å². The molecule has 1 aromatic heterocycles. The van der Waals surface area contributed by atoms with Crippen LogP contribution in [0.25, 0.3) is 22.0 Å². The van der Waals surface area contributed by atoms with Crippen LogP contribution in [-0.4, -0.2) is 21.3 Å². The van der Waals surface area contributed by atoms with Crippen LogP contribution in [0.4, 0.5) is 0 Å². The molecule has 2 N–H and O–H groups in total. The van der Waals surface area contributed by atoms with Crippen LogP contribution >= 0.6 is 0 Å². The van der Waals surface area contributed by atoms with Crippen LogP contribution in [-0.2, 0) is 0 Å². The number of benzene rings is 2. The molecule has 0 saturated carbocycles. The van der Waals surface area contributed by atoms with Crippen molar-refractivity contribution in [2.24, 2.45) is 0 Å². The minimum Gasteiger partial charge on any atom is -0.477 e. The second kappa shape index (κ2) is 4.76. The van der Waals surface area contributed by atoms with Crippen molar-refractivity contribution in [1.29, 1.82) is 5.26 Å².